The Balaban J connectivity index is 1.63. The molecule has 1 atom stereocenters. The Morgan fingerprint density at radius 1 is 1.41 bits per heavy atom. The van der Waals surface area contributed by atoms with Crippen LogP contribution in [0.15, 0.2) is 18.6 Å². The summed E-state index contributed by atoms with van der Waals surface area (Å²) in [5.74, 6) is 0.544. The lowest BCUT2D eigenvalue weighted by molar-refractivity contribution is 0.0681. The molecule has 0 unspecified atom stereocenters. The van der Waals surface area contributed by atoms with Gasteiger partial charge in [-0.2, -0.15) is 0 Å². The van der Waals surface area contributed by atoms with Crippen molar-refractivity contribution in [2.24, 2.45) is 0 Å². The first-order chi connectivity index (χ1) is 10.7. The maximum Gasteiger partial charge on any atom is 0.232 e. The van der Waals surface area contributed by atoms with E-state index in [1.165, 1.54) is 4.88 Å². The van der Waals surface area contributed by atoms with Crippen molar-refractivity contribution in [1.82, 2.24) is 19.9 Å². The van der Waals surface area contributed by atoms with Gasteiger partial charge < -0.3 is 9.47 Å². The Morgan fingerprint density at radius 3 is 3.05 bits per heavy atom. The van der Waals surface area contributed by atoms with Crippen LogP contribution in [0.25, 0.3) is 0 Å². The van der Waals surface area contributed by atoms with Gasteiger partial charge in [0.25, 0.3) is 0 Å². The van der Waals surface area contributed by atoms with Crippen LogP contribution >= 0.6 is 11.3 Å². The SMILES string of the molecule is Cc1nc(C)c(CN2CCOC[C@H](Oc3cnccn3)C2)s1. The molecule has 0 N–H and O–H groups in total. The minimum atomic E-state index is -0.0338. The van der Waals surface area contributed by atoms with Crippen LogP contribution in [-0.2, 0) is 11.3 Å². The molecule has 0 spiro atoms. The van der Waals surface area contributed by atoms with Crippen molar-refractivity contribution in [3.05, 3.63) is 34.2 Å². The average Bonchev–Trinajstić information content (AvgIpc) is 2.70. The largest absolute Gasteiger partial charge is 0.469 e. The molecule has 0 radical (unpaired) electrons. The van der Waals surface area contributed by atoms with E-state index in [9.17, 15) is 0 Å². The maximum atomic E-state index is 5.89. The Kier molecular flexibility index (Phi) is 4.97. The number of nitrogens with zero attached hydrogens (tertiary/aromatic N) is 4. The minimum absolute atomic E-state index is 0.0338. The molecular weight excluding hydrogens is 300 g/mol. The van der Waals surface area contributed by atoms with Gasteiger partial charge in [-0.1, -0.05) is 0 Å². The standard InChI is InChI=1S/C15H20N4O2S/c1-11-14(22-12(2)18-11)9-19-5-6-20-10-13(8-19)21-15-7-16-3-4-17-15/h3-4,7,13H,5-6,8-10H2,1-2H3/t13-/m1/s1. The number of ether oxygens (including phenoxy) is 2. The maximum absolute atomic E-state index is 5.89. The minimum Gasteiger partial charge on any atom is -0.469 e. The van der Waals surface area contributed by atoms with Crippen molar-refractivity contribution >= 4 is 11.3 Å². The first-order valence-corrected chi connectivity index (χ1v) is 8.18. The lowest BCUT2D eigenvalue weighted by Crippen LogP contribution is -2.35. The van der Waals surface area contributed by atoms with Crippen LogP contribution in [0, 0.1) is 13.8 Å². The highest BCUT2D eigenvalue weighted by Gasteiger charge is 2.22. The fourth-order valence-corrected chi connectivity index (χ4v) is 3.48. The molecule has 1 fully saturated rings. The number of hydrogen-bond acceptors (Lipinski definition) is 7. The first kappa shape index (κ1) is 15.3. The van der Waals surface area contributed by atoms with Crippen molar-refractivity contribution < 1.29 is 9.47 Å². The quantitative estimate of drug-likeness (QED) is 0.856. The van der Waals surface area contributed by atoms with Gasteiger partial charge in [-0.25, -0.2) is 9.97 Å². The summed E-state index contributed by atoms with van der Waals surface area (Å²) >= 11 is 1.76. The summed E-state index contributed by atoms with van der Waals surface area (Å²) in [5, 5.41) is 1.12. The molecule has 1 saturated heterocycles. The molecule has 2 aromatic heterocycles. The van der Waals surface area contributed by atoms with Crippen LogP contribution in [0.3, 0.4) is 0 Å². The Morgan fingerprint density at radius 2 is 2.32 bits per heavy atom. The highest BCUT2D eigenvalue weighted by molar-refractivity contribution is 7.11. The van der Waals surface area contributed by atoms with Crippen molar-refractivity contribution in [2.45, 2.75) is 26.5 Å². The van der Waals surface area contributed by atoms with E-state index in [1.54, 1.807) is 29.9 Å². The Hall–Kier alpha value is -1.57. The third kappa shape index (κ3) is 4.00. The lowest BCUT2D eigenvalue weighted by atomic mass is 10.3. The zero-order chi connectivity index (χ0) is 15.4. The fourth-order valence-electron chi connectivity index (χ4n) is 2.50. The molecular formula is C15H20N4O2S. The lowest BCUT2D eigenvalue weighted by Gasteiger charge is -2.23. The van der Waals surface area contributed by atoms with Crippen LogP contribution in [-0.4, -0.2) is 52.3 Å². The zero-order valence-electron chi connectivity index (χ0n) is 12.9. The van der Waals surface area contributed by atoms with E-state index in [-0.39, 0.29) is 6.10 Å². The molecule has 0 aliphatic carbocycles. The van der Waals surface area contributed by atoms with Gasteiger partial charge in [-0.05, 0) is 13.8 Å². The van der Waals surface area contributed by atoms with Gasteiger partial charge in [-0.3, -0.25) is 9.88 Å². The monoisotopic (exact) mass is 320 g/mol. The number of hydrogen-bond donors (Lipinski definition) is 0. The van der Waals surface area contributed by atoms with Crippen LogP contribution < -0.4 is 4.74 Å². The molecule has 0 saturated carbocycles. The molecule has 22 heavy (non-hydrogen) atoms. The van der Waals surface area contributed by atoms with Gasteiger partial charge in [0.2, 0.25) is 5.88 Å². The number of aromatic nitrogens is 3. The summed E-state index contributed by atoms with van der Waals surface area (Å²) < 4.78 is 11.5. The average molecular weight is 320 g/mol. The van der Waals surface area contributed by atoms with Crippen LogP contribution in [0.4, 0.5) is 0 Å². The van der Waals surface area contributed by atoms with Crippen LogP contribution in [0.1, 0.15) is 15.6 Å². The van der Waals surface area contributed by atoms with Gasteiger partial charge in [0.15, 0.2) is 0 Å². The molecule has 0 aromatic carbocycles. The predicted molar refractivity (Wildman–Crippen MR) is 84.1 cm³/mol. The van der Waals surface area contributed by atoms with E-state index in [1.807, 2.05) is 6.92 Å². The van der Waals surface area contributed by atoms with E-state index in [0.29, 0.717) is 12.5 Å². The molecule has 118 valence electrons. The summed E-state index contributed by atoms with van der Waals surface area (Å²) in [6.07, 6.45) is 4.87. The summed E-state index contributed by atoms with van der Waals surface area (Å²) in [4.78, 5) is 16.4. The summed E-state index contributed by atoms with van der Waals surface area (Å²) in [7, 11) is 0. The molecule has 3 heterocycles. The summed E-state index contributed by atoms with van der Waals surface area (Å²) in [5.41, 5.74) is 1.12. The normalized spacial score (nSPS) is 19.8. The molecule has 1 aliphatic rings. The van der Waals surface area contributed by atoms with Gasteiger partial charge in [0, 0.05) is 36.9 Å². The van der Waals surface area contributed by atoms with Crippen molar-refractivity contribution in [3.63, 3.8) is 0 Å². The van der Waals surface area contributed by atoms with Crippen LogP contribution in [0.2, 0.25) is 0 Å². The second-order valence-corrected chi connectivity index (χ2v) is 6.62. The van der Waals surface area contributed by atoms with Crippen molar-refractivity contribution in [3.8, 4) is 5.88 Å². The number of thiazole rings is 1. The van der Waals surface area contributed by atoms with E-state index >= 15 is 0 Å². The molecule has 0 bridgehead atoms. The highest BCUT2D eigenvalue weighted by Crippen LogP contribution is 2.20. The van der Waals surface area contributed by atoms with Gasteiger partial charge in [0.05, 0.1) is 30.1 Å². The Bertz CT molecular complexity index is 605. The molecule has 0 amide bonds. The van der Waals surface area contributed by atoms with E-state index < -0.39 is 0 Å². The van der Waals surface area contributed by atoms with Crippen LogP contribution in [0.5, 0.6) is 5.88 Å². The molecule has 3 rings (SSSR count). The molecule has 2 aromatic rings. The van der Waals surface area contributed by atoms with Gasteiger partial charge in [-0.15, -0.1) is 11.3 Å². The summed E-state index contributed by atoms with van der Waals surface area (Å²) in [6, 6.07) is 0. The second-order valence-electron chi connectivity index (χ2n) is 5.34. The zero-order valence-corrected chi connectivity index (χ0v) is 13.7. The van der Waals surface area contributed by atoms with E-state index in [2.05, 4.69) is 26.8 Å². The number of aryl methyl sites for hydroxylation is 2. The molecule has 6 nitrogen and oxygen atoms in total. The highest BCUT2D eigenvalue weighted by atomic mass is 32.1. The fraction of sp³-hybridized carbons (Fsp3) is 0.533. The summed E-state index contributed by atoms with van der Waals surface area (Å²) in [6.45, 7) is 8.02. The van der Waals surface area contributed by atoms with E-state index in [0.717, 1.165) is 36.9 Å². The third-order valence-corrected chi connectivity index (χ3v) is 4.57. The second kappa shape index (κ2) is 7.13. The smallest absolute Gasteiger partial charge is 0.232 e. The predicted octanol–water partition coefficient (Wildman–Crippen LogP) is 1.83. The van der Waals surface area contributed by atoms with Crippen molar-refractivity contribution in [1.29, 1.82) is 0 Å². The topological polar surface area (TPSA) is 60.4 Å². The number of rotatable bonds is 4. The molecule has 1 aliphatic heterocycles. The van der Waals surface area contributed by atoms with E-state index in [4.69, 9.17) is 9.47 Å². The van der Waals surface area contributed by atoms with Crippen molar-refractivity contribution in [2.75, 3.05) is 26.3 Å². The Labute approximate surface area is 134 Å². The molecule has 7 heteroatoms. The first-order valence-electron chi connectivity index (χ1n) is 7.36. The van der Waals surface area contributed by atoms with Gasteiger partial charge >= 0.3 is 0 Å². The van der Waals surface area contributed by atoms with Gasteiger partial charge in [0.1, 0.15) is 6.10 Å². The third-order valence-electron chi connectivity index (χ3n) is 3.51.